The molecule has 2 N–H and O–H groups in total. The van der Waals surface area contributed by atoms with Crippen molar-refractivity contribution in [1.29, 1.82) is 0 Å². The Morgan fingerprint density at radius 3 is 2.72 bits per heavy atom. The summed E-state index contributed by atoms with van der Waals surface area (Å²) >= 11 is 4.98. The zero-order valence-electron chi connectivity index (χ0n) is 10.7. The summed E-state index contributed by atoms with van der Waals surface area (Å²) in [5, 5.41) is 0. The van der Waals surface area contributed by atoms with Crippen molar-refractivity contribution in [3.8, 4) is 0 Å². The lowest BCUT2D eigenvalue weighted by molar-refractivity contribution is -0.119. The number of anilines is 1. The van der Waals surface area contributed by atoms with Crippen LogP contribution in [0.15, 0.2) is 24.3 Å². The molecule has 0 unspecified atom stereocenters. The standard InChI is InChI=1S/C13H18N2O2S/c1-3-17-9-8-12(16)15(2)11-7-5-4-6-10(11)13(14)18/h4-7H,3,8-9H2,1-2H3,(H2,14,18). The maximum absolute atomic E-state index is 12.0. The summed E-state index contributed by atoms with van der Waals surface area (Å²) in [7, 11) is 1.71. The van der Waals surface area contributed by atoms with Crippen molar-refractivity contribution in [1.82, 2.24) is 0 Å². The Morgan fingerprint density at radius 1 is 1.44 bits per heavy atom. The van der Waals surface area contributed by atoms with E-state index in [9.17, 15) is 4.79 Å². The van der Waals surface area contributed by atoms with Crippen LogP contribution in [0.2, 0.25) is 0 Å². The molecule has 0 spiro atoms. The van der Waals surface area contributed by atoms with Gasteiger partial charge in [0.25, 0.3) is 0 Å². The molecule has 0 radical (unpaired) electrons. The molecule has 0 fully saturated rings. The maximum Gasteiger partial charge on any atom is 0.229 e. The fraction of sp³-hybridized carbons (Fsp3) is 0.385. The summed E-state index contributed by atoms with van der Waals surface area (Å²) in [6.45, 7) is 2.94. The van der Waals surface area contributed by atoms with Gasteiger partial charge in [-0.05, 0) is 19.1 Å². The zero-order valence-corrected chi connectivity index (χ0v) is 11.5. The van der Waals surface area contributed by atoms with Crippen LogP contribution in [0.3, 0.4) is 0 Å². The number of thiocarbonyl (C=S) groups is 1. The van der Waals surface area contributed by atoms with Gasteiger partial charge in [0.1, 0.15) is 4.99 Å². The van der Waals surface area contributed by atoms with Gasteiger partial charge < -0.3 is 15.4 Å². The second-order valence-electron chi connectivity index (χ2n) is 3.78. The van der Waals surface area contributed by atoms with Gasteiger partial charge in [0.2, 0.25) is 5.91 Å². The normalized spacial score (nSPS) is 10.1. The third-order valence-corrected chi connectivity index (χ3v) is 2.79. The van der Waals surface area contributed by atoms with Crippen molar-refractivity contribution in [2.75, 3.05) is 25.2 Å². The summed E-state index contributed by atoms with van der Waals surface area (Å²) in [6.07, 6.45) is 0.343. The molecule has 0 saturated carbocycles. The second kappa shape index (κ2) is 7.08. The molecule has 98 valence electrons. The number of hydrogen-bond donors (Lipinski definition) is 1. The molecule has 0 aromatic heterocycles. The summed E-state index contributed by atoms with van der Waals surface area (Å²) in [4.78, 5) is 13.8. The largest absolute Gasteiger partial charge is 0.389 e. The highest BCUT2D eigenvalue weighted by atomic mass is 32.1. The Kier molecular flexibility index (Phi) is 5.74. The average Bonchev–Trinajstić information content (AvgIpc) is 2.38. The molecule has 18 heavy (non-hydrogen) atoms. The van der Waals surface area contributed by atoms with E-state index >= 15 is 0 Å². The zero-order chi connectivity index (χ0) is 13.5. The lowest BCUT2D eigenvalue weighted by Crippen LogP contribution is -2.29. The molecule has 0 heterocycles. The molecule has 0 bridgehead atoms. The Bertz CT molecular complexity index is 435. The smallest absolute Gasteiger partial charge is 0.229 e. The van der Waals surface area contributed by atoms with E-state index in [2.05, 4.69) is 0 Å². The number of amides is 1. The molecule has 1 aromatic rings. The first-order chi connectivity index (χ1) is 8.57. The minimum atomic E-state index is -0.0212. The van der Waals surface area contributed by atoms with E-state index in [1.165, 1.54) is 0 Å². The Balaban J connectivity index is 2.80. The minimum Gasteiger partial charge on any atom is -0.389 e. The third-order valence-electron chi connectivity index (χ3n) is 2.57. The molecule has 0 saturated heterocycles. The van der Waals surface area contributed by atoms with Crippen LogP contribution in [-0.4, -0.2) is 31.2 Å². The molecule has 0 aliphatic rings. The van der Waals surface area contributed by atoms with E-state index in [1.807, 2.05) is 31.2 Å². The van der Waals surface area contributed by atoms with Crippen LogP contribution in [0, 0.1) is 0 Å². The number of para-hydroxylation sites is 1. The molecule has 0 aliphatic heterocycles. The van der Waals surface area contributed by atoms with Gasteiger partial charge in [-0.3, -0.25) is 4.79 Å². The Morgan fingerprint density at radius 2 is 2.11 bits per heavy atom. The fourth-order valence-corrected chi connectivity index (χ4v) is 1.75. The van der Waals surface area contributed by atoms with Crippen LogP contribution in [0.25, 0.3) is 0 Å². The van der Waals surface area contributed by atoms with E-state index in [0.29, 0.717) is 25.2 Å². The van der Waals surface area contributed by atoms with Crippen molar-refractivity contribution in [2.45, 2.75) is 13.3 Å². The molecular formula is C13H18N2O2S. The van der Waals surface area contributed by atoms with Gasteiger partial charge in [-0.15, -0.1) is 0 Å². The molecule has 5 heteroatoms. The van der Waals surface area contributed by atoms with Crippen molar-refractivity contribution in [3.63, 3.8) is 0 Å². The predicted octanol–water partition coefficient (Wildman–Crippen LogP) is 1.71. The summed E-state index contributed by atoms with van der Waals surface area (Å²) < 4.78 is 5.17. The minimum absolute atomic E-state index is 0.0212. The monoisotopic (exact) mass is 266 g/mol. The van der Waals surface area contributed by atoms with Crippen LogP contribution in [0.1, 0.15) is 18.9 Å². The highest BCUT2D eigenvalue weighted by Crippen LogP contribution is 2.19. The summed E-state index contributed by atoms with van der Waals surface area (Å²) in [5.74, 6) is -0.0212. The first kappa shape index (κ1) is 14.6. The first-order valence-electron chi connectivity index (χ1n) is 5.81. The maximum atomic E-state index is 12.0. The molecule has 0 aliphatic carbocycles. The van der Waals surface area contributed by atoms with E-state index in [1.54, 1.807) is 11.9 Å². The Labute approximate surface area is 113 Å². The van der Waals surface area contributed by atoms with Crippen molar-refractivity contribution < 1.29 is 9.53 Å². The summed E-state index contributed by atoms with van der Waals surface area (Å²) in [5.41, 5.74) is 7.08. The average molecular weight is 266 g/mol. The van der Waals surface area contributed by atoms with Gasteiger partial charge in [-0.1, -0.05) is 24.4 Å². The molecule has 0 atom stereocenters. The summed E-state index contributed by atoms with van der Waals surface area (Å²) in [6, 6.07) is 7.33. The number of carbonyl (C=O) groups excluding carboxylic acids is 1. The third kappa shape index (κ3) is 3.78. The predicted molar refractivity (Wildman–Crippen MR) is 76.8 cm³/mol. The first-order valence-corrected chi connectivity index (χ1v) is 6.21. The highest BCUT2D eigenvalue weighted by molar-refractivity contribution is 7.80. The van der Waals surface area contributed by atoms with Crippen LogP contribution in [-0.2, 0) is 9.53 Å². The lowest BCUT2D eigenvalue weighted by Gasteiger charge is -2.20. The van der Waals surface area contributed by atoms with Crippen LogP contribution in [0.5, 0.6) is 0 Å². The van der Waals surface area contributed by atoms with Crippen molar-refractivity contribution in [2.24, 2.45) is 5.73 Å². The van der Waals surface area contributed by atoms with E-state index < -0.39 is 0 Å². The van der Waals surface area contributed by atoms with E-state index in [0.717, 1.165) is 5.69 Å². The van der Waals surface area contributed by atoms with Gasteiger partial charge in [-0.2, -0.15) is 0 Å². The quantitative estimate of drug-likeness (QED) is 0.629. The SMILES string of the molecule is CCOCCC(=O)N(C)c1ccccc1C(N)=S. The molecule has 1 amide bonds. The van der Waals surface area contributed by atoms with Crippen LogP contribution in [0.4, 0.5) is 5.69 Å². The fourth-order valence-electron chi connectivity index (χ4n) is 1.58. The van der Waals surface area contributed by atoms with E-state index in [4.69, 9.17) is 22.7 Å². The lowest BCUT2D eigenvalue weighted by atomic mass is 10.1. The molecular weight excluding hydrogens is 248 g/mol. The van der Waals surface area contributed by atoms with Gasteiger partial charge >= 0.3 is 0 Å². The van der Waals surface area contributed by atoms with E-state index in [-0.39, 0.29) is 10.9 Å². The Hall–Kier alpha value is -1.46. The van der Waals surface area contributed by atoms with Gasteiger partial charge in [-0.25, -0.2) is 0 Å². The number of hydrogen-bond acceptors (Lipinski definition) is 3. The van der Waals surface area contributed by atoms with Crippen LogP contribution >= 0.6 is 12.2 Å². The van der Waals surface area contributed by atoms with Crippen LogP contribution < -0.4 is 10.6 Å². The number of rotatable bonds is 6. The van der Waals surface area contributed by atoms with Gasteiger partial charge in [0.05, 0.1) is 18.7 Å². The number of benzene rings is 1. The second-order valence-corrected chi connectivity index (χ2v) is 4.22. The highest BCUT2D eigenvalue weighted by Gasteiger charge is 2.14. The topological polar surface area (TPSA) is 55.6 Å². The number of nitrogens with two attached hydrogens (primary N) is 1. The molecule has 4 nitrogen and oxygen atoms in total. The van der Waals surface area contributed by atoms with Gasteiger partial charge in [0, 0.05) is 19.2 Å². The molecule has 1 aromatic carbocycles. The number of ether oxygens (including phenoxy) is 1. The number of nitrogens with zero attached hydrogens (tertiary/aromatic N) is 1. The van der Waals surface area contributed by atoms with Crippen molar-refractivity contribution in [3.05, 3.63) is 29.8 Å². The molecule has 1 rings (SSSR count). The van der Waals surface area contributed by atoms with Gasteiger partial charge in [0.15, 0.2) is 0 Å². The van der Waals surface area contributed by atoms with Crippen molar-refractivity contribution >= 4 is 28.8 Å². The number of carbonyl (C=O) groups is 1.